The van der Waals surface area contributed by atoms with Crippen molar-refractivity contribution in [1.29, 1.82) is 0 Å². The van der Waals surface area contributed by atoms with Crippen LogP contribution in [0.3, 0.4) is 0 Å². The highest BCUT2D eigenvalue weighted by molar-refractivity contribution is 6.02. The lowest BCUT2D eigenvalue weighted by Gasteiger charge is -2.36. The van der Waals surface area contributed by atoms with E-state index in [9.17, 15) is 26.7 Å². The molecule has 32 heavy (non-hydrogen) atoms. The van der Waals surface area contributed by atoms with Gasteiger partial charge in [0.2, 0.25) is 11.9 Å². The number of hydrogen-bond donors (Lipinski definition) is 1. The third-order valence-electron chi connectivity index (χ3n) is 5.02. The first-order chi connectivity index (χ1) is 15.2. The van der Waals surface area contributed by atoms with Crippen LogP contribution in [0.5, 0.6) is 0 Å². The minimum atomic E-state index is -4.42. The van der Waals surface area contributed by atoms with E-state index in [2.05, 4.69) is 20.3 Å². The van der Waals surface area contributed by atoms with Crippen LogP contribution in [0, 0.1) is 11.6 Å². The molecule has 7 nitrogen and oxygen atoms in total. The highest BCUT2D eigenvalue weighted by Gasteiger charge is 2.36. The summed E-state index contributed by atoms with van der Waals surface area (Å²) < 4.78 is 67.6. The lowest BCUT2D eigenvalue weighted by Crippen LogP contribution is -2.49. The fourth-order valence-corrected chi connectivity index (χ4v) is 3.54. The van der Waals surface area contributed by atoms with E-state index in [0.717, 1.165) is 6.07 Å². The van der Waals surface area contributed by atoms with Gasteiger partial charge in [-0.15, -0.1) is 0 Å². The number of alkyl halides is 3. The molecular formula is C20H17F5N6O. The van der Waals surface area contributed by atoms with E-state index < -0.39 is 42.7 Å². The fraction of sp³-hybridized carbons (Fsp3) is 0.300. The van der Waals surface area contributed by atoms with Crippen LogP contribution in [0.1, 0.15) is 19.8 Å². The quantitative estimate of drug-likeness (QED) is 0.590. The highest BCUT2D eigenvalue weighted by atomic mass is 19.4. The van der Waals surface area contributed by atoms with E-state index in [1.54, 1.807) is 6.92 Å². The number of nitrogens with zero attached hydrogens (tertiary/aromatic N) is 5. The van der Waals surface area contributed by atoms with Gasteiger partial charge in [0.05, 0.1) is 18.2 Å². The molecule has 1 unspecified atom stereocenters. The van der Waals surface area contributed by atoms with Crippen molar-refractivity contribution in [1.82, 2.24) is 19.5 Å². The SMILES string of the molecule is CCC1C(=O)Nc2cnc(-n3ccnc3-c3ccc(F)cc3F)nc2N1CCC(F)(F)F. The average molecular weight is 452 g/mol. The molecule has 0 spiro atoms. The molecule has 3 aromatic rings. The minimum Gasteiger partial charge on any atom is -0.342 e. The first-order valence-electron chi connectivity index (χ1n) is 9.68. The smallest absolute Gasteiger partial charge is 0.342 e. The Labute approximate surface area is 178 Å². The summed E-state index contributed by atoms with van der Waals surface area (Å²) in [6.45, 7) is 1.21. The van der Waals surface area contributed by atoms with Gasteiger partial charge in [-0.3, -0.25) is 9.36 Å². The van der Waals surface area contributed by atoms with Crippen LogP contribution in [-0.2, 0) is 4.79 Å². The molecule has 1 aromatic carbocycles. The van der Waals surface area contributed by atoms with Crippen molar-refractivity contribution in [2.45, 2.75) is 32.0 Å². The summed E-state index contributed by atoms with van der Waals surface area (Å²) >= 11 is 0. The Morgan fingerprint density at radius 2 is 1.97 bits per heavy atom. The molecule has 0 bridgehead atoms. The van der Waals surface area contributed by atoms with E-state index in [1.807, 2.05) is 0 Å². The predicted octanol–water partition coefficient (Wildman–Crippen LogP) is 4.10. The van der Waals surface area contributed by atoms with Crippen LogP contribution < -0.4 is 10.2 Å². The third-order valence-corrected chi connectivity index (χ3v) is 5.02. The number of halogens is 5. The molecule has 3 heterocycles. The summed E-state index contributed by atoms with van der Waals surface area (Å²) in [6, 6.07) is 2.16. The highest BCUT2D eigenvalue weighted by Crippen LogP contribution is 2.33. The normalized spacial score (nSPS) is 16.1. The number of benzene rings is 1. The number of hydrogen-bond acceptors (Lipinski definition) is 5. The molecule has 0 aliphatic carbocycles. The number of imidazole rings is 1. The maximum absolute atomic E-state index is 14.3. The summed E-state index contributed by atoms with van der Waals surface area (Å²) in [4.78, 5) is 26.3. The Bertz CT molecular complexity index is 1160. The van der Waals surface area contributed by atoms with Crippen molar-refractivity contribution in [3.8, 4) is 17.3 Å². The summed E-state index contributed by atoms with van der Waals surface area (Å²) in [5, 5.41) is 2.61. The van der Waals surface area contributed by atoms with E-state index in [1.165, 1.54) is 34.1 Å². The molecule has 2 aromatic heterocycles. The van der Waals surface area contributed by atoms with E-state index >= 15 is 0 Å². The van der Waals surface area contributed by atoms with Gasteiger partial charge in [0.1, 0.15) is 29.2 Å². The number of fused-ring (bicyclic) bond motifs is 1. The van der Waals surface area contributed by atoms with Crippen LogP contribution in [0.25, 0.3) is 17.3 Å². The van der Waals surface area contributed by atoms with Crippen molar-refractivity contribution < 1.29 is 26.7 Å². The molecule has 0 saturated heterocycles. The van der Waals surface area contributed by atoms with Gasteiger partial charge in [-0.2, -0.15) is 18.2 Å². The van der Waals surface area contributed by atoms with Gasteiger partial charge >= 0.3 is 6.18 Å². The van der Waals surface area contributed by atoms with Crippen molar-refractivity contribution in [2.75, 3.05) is 16.8 Å². The Morgan fingerprint density at radius 3 is 2.66 bits per heavy atom. The second kappa shape index (κ2) is 8.17. The van der Waals surface area contributed by atoms with E-state index in [-0.39, 0.29) is 35.3 Å². The van der Waals surface area contributed by atoms with Crippen LogP contribution in [0.2, 0.25) is 0 Å². The number of carbonyl (C=O) groups is 1. The lowest BCUT2D eigenvalue weighted by molar-refractivity contribution is -0.133. The van der Waals surface area contributed by atoms with Crippen LogP contribution in [-0.4, -0.2) is 44.2 Å². The Hall–Kier alpha value is -3.57. The zero-order chi connectivity index (χ0) is 23.0. The van der Waals surface area contributed by atoms with Gasteiger partial charge in [-0.25, -0.2) is 18.7 Å². The van der Waals surface area contributed by atoms with Crippen LogP contribution >= 0.6 is 0 Å². The molecular weight excluding hydrogens is 435 g/mol. The maximum atomic E-state index is 14.3. The van der Waals surface area contributed by atoms with Crippen molar-refractivity contribution in [3.05, 3.63) is 48.4 Å². The van der Waals surface area contributed by atoms with Gasteiger partial charge in [-0.1, -0.05) is 6.92 Å². The first kappa shape index (κ1) is 21.7. The molecule has 4 rings (SSSR count). The number of carbonyl (C=O) groups excluding carboxylic acids is 1. The third kappa shape index (κ3) is 4.12. The molecule has 0 saturated carbocycles. The molecule has 1 N–H and O–H groups in total. The van der Waals surface area contributed by atoms with E-state index in [4.69, 9.17) is 0 Å². The second-order valence-corrected chi connectivity index (χ2v) is 7.12. The Kier molecular flexibility index (Phi) is 5.53. The number of aromatic nitrogens is 4. The number of amides is 1. The molecule has 0 radical (unpaired) electrons. The standard InChI is InChI=1S/C20H17F5N6O/c1-2-15-18(32)28-14-10-27-19(29-17(14)30(15)7-5-20(23,24)25)31-8-6-26-16(31)12-4-3-11(21)9-13(12)22/h3-4,6,8-10,15H,2,5,7H2,1H3,(H,28,32). The zero-order valence-corrected chi connectivity index (χ0v) is 16.7. The first-order valence-corrected chi connectivity index (χ1v) is 9.68. The Balaban J connectivity index is 1.77. The molecule has 12 heteroatoms. The number of anilines is 2. The van der Waals surface area contributed by atoms with Gasteiger partial charge in [0.15, 0.2) is 5.82 Å². The molecule has 1 aliphatic heterocycles. The van der Waals surface area contributed by atoms with Crippen LogP contribution in [0.4, 0.5) is 33.5 Å². The molecule has 1 aliphatic rings. The lowest BCUT2D eigenvalue weighted by atomic mass is 10.1. The molecule has 168 valence electrons. The minimum absolute atomic E-state index is 0.00276. The second-order valence-electron chi connectivity index (χ2n) is 7.12. The molecule has 1 atom stereocenters. The monoisotopic (exact) mass is 452 g/mol. The van der Waals surface area contributed by atoms with Gasteiger partial charge < -0.3 is 10.2 Å². The zero-order valence-electron chi connectivity index (χ0n) is 16.7. The van der Waals surface area contributed by atoms with Crippen molar-refractivity contribution in [3.63, 3.8) is 0 Å². The van der Waals surface area contributed by atoms with Crippen molar-refractivity contribution >= 4 is 17.4 Å². The summed E-state index contributed by atoms with van der Waals surface area (Å²) in [5.41, 5.74) is 0.159. The number of nitrogens with one attached hydrogen (secondary N) is 1. The average Bonchev–Trinajstić information content (AvgIpc) is 3.20. The summed E-state index contributed by atoms with van der Waals surface area (Å²) in [7, 11) is 0. The largest absolute Gasteiger partial charge is 0.390 e. The molecule has 0 fully saturated rings. The van der Waals surface area contributed by atoms with E-state index in [0.29, 0.717) is 6.07 Å². The van der Waals surface area contributed by atoms with Gasteiger partial charge in [0, 0.05) is 25.0 Å². The molecule has 1 amide bonds. The maximum Gasteiger partial charge on any atom is 0.390 e. The van der Waals surface area contributed by atoms with Gasteiger partial charge in [0.25, 0.3) is 0 Å². The topological polar surface area (TPSA) is 75.9 Å². The van der Waals surface area contributed by atoms with Crippen molar-refractivity contribution in [2.24, 2.45) is 0 Å². The summed E-state index contributed by atoms with van der Waals surface area (Å²) in [5.74, 6) is -1.85. The van der Waals surface area contributed by atoms with Gasteiger partial charge in [-0.05, 0) is 18.6 Å². The Morgan fingerprint density at radius 1 is 1.19 bits per heavy atom. The summed E-state index contributed by atoms with van der Waals surface area (Å²) in [6.07, 6.45) is -1.21. The predicted molar refractivity (Wildman–Crippen MR) is 105 cm³/mol. The van der Waals surface area contributed by atoms with Crippen LogP contribution in [0.15, 0.2) is 36.8 Å². The fourth-order valence-electron chi connectivity index (χ4n) is 3.54. The number of rotatable bonds is 5.